The number of hydrogen-bond acceptors (Lipinski definition) is 11. The topological polar surface area (TPSA) is 235 Å². The Bertz CT molecular complexity index is 424. The quantitative estimate of drug-likeness (QED) is 0.414. The van der Waals surface area contributed by atoms with E-state index in [-0.39, 0.29) is 0 Å². The van der Waals surface area contributed by atoms with Crippen molar-refractivity contribution in [1.29, 1.82) is 0 Å². The fraction of sp³-hybridized carbons (Fsp3) is 1.00. The van der Waals surface area contributed by atoms with Gasteiger partial charge in [0.25, 0.3) is 7.82 Å². The summed E-state index contributed by atoms with van der Waals surface area (Å²) in [4.78, 5) is 53.4. The molecule has 0 amide bonds. The molecule has 0 aliphatic rings. The summed E-state index contributed by atoms with van der Waals surface area (Å²) in [7, 11) is -18.5. The molecule has 0 heterocycles. The van der Waals surface area contributed by atoms with Gasteiger partial charge >= 0.3 is 15.6 Å². The van der Waals surface area contributed by atoms with Crippen LogP contribution in [0, 0.1) is 0 Å². The molecule has 3 N–H and O–H groups in total. The van der Waals surface area contributed by atoms with Gasteiger partial charge in [-0.3, -0.25) is 13.4 Å². The summed E-state index contributed by atoms with van der Waals surface area (Å²) in [6, 6.07) is 0. The summed E-state index contributed by atoms with van der Waals surface area (Å²) in [5, 5.41) is 0. The number of phosphoric ester groups is 2. The third-order valence-corrected chi connectivity index (χ3v) is 5.05. The first-order chi connectivity index (χ1) is 8.54. The zero-order chi connectivity index (χ0) is 16.8. The molecule has 0 saturated heterocycles. The first-order valence-corrected chi connectivity index (χ1v) is 9.74. The highest BCUT2D eigenvalue weighted by Crippen LogP contribution is 2.56. The molecule has 0 aromatic carbocycles. The van der Waals surface area contributed by atoms with Gasteiger partial charge in [-0.15, -0.1) is 0 Å². The fourth-order valence-corrected chi connectivity index (χ4v) is 2.91. The van der Waals surface area contributed by atoms with Crippen molar-refractivity contribution in [3.8, 4) is 0 Å². The lowest BCUT2D eigenvalue weighted by Gasteiger charge is -2.34. The van der Waals surface area contributed by atoms with Crippen LogP contribution in [0.1, 0.15) is 0 Å². The minimum absolute atomic E-state index is 0.670. The second-order valence-corrected chi connectivity index (χ2v) is 8.13. The van der Waals surface area contributed by atoms with E-state index in [1.807, 2.05) is 0 Å². The molecule has 14 nitrogen and oxygen atoms in total. The van der Waals surface area contributed by atoms with Crippen molar-refractivity contribution in [2.24, 2.45) is 0 Å². The second-order valence-electron chi connectivity index (χ2n) is 2.38. The van der Waals surface area contributed by atoms with E-state index in [2.05, 4.69) is 17.7 Å². The lowest BCUT2D eigenvalue weighted by molar-refractivity contribution is -0.339. The molecular formula is C2H9O14P4-3. The lowest BCUT2D eigenvalue weighted by Crippen LogP contribution is -2.18. The maximum Gasteiger partial charge on any atom is 0.480 e. The summed E-state index contributed by atoms with van der Waals surface area (Å²) in [5.41, 5.74) is 0. The van der Waals surface area contributed by atoms with Crippen LogP contribution >= 0.6 is 31.3 Å². The van der Waals surface area contributed by atoms with E-state index in [1.165, 1.54) is 0 Å². The maximum atomic E-state index is 10.2. The largest absolute Gasteiger partial charge is 0.790 e. The molecular weight excluding hydrogens is 372 g/mol. The van der Waals surface area contributed by atoms with Gasteiger partial charge in [-0.25, -0.2) is 9.13 Å². The van der Waals surface area contributed by atoms with Crippen LogP contribution in [0.4, 0.5) is 0 Å². The normalized spacial score (nSPS) is 18.4. The summed E-state index contributed by atoms with van der Waals surface area (Å²) in [5.74, 6) is 0. The van der Waals surface area contributed by atoms with Crippen LogP contribution in [0.3, 0.4) is 0 Å². The molecule has 0 radical (unpaired) electrons. The Hall–Kier alpha value is 0.520. The van der Waals surface area contributed by atoms with Crippen LogP contribution in [-0.2, 0) is 35.9 Å². The third kappa shape index (κ3) is 16.6. The molecule has 0 saturated carbocycles. The average molecular weight is 381 g/mol. The molecule has 2 atom stereocenters. The molecule has 0 spiro atoms. The first kappa shape index (κ1) is 22.8. The van der Waals surface area contributed by atoms with Crippen molar-refractivity contribution in [1.82, 2.24) is 0 Å². The first-order valence-electron chi connectivity index (χ1n) is 3.79. The Labute approximate surface area is 112 Å². The van der Waals surface area contributed by atoms with Crippen molar-refractivity contribution in [3.63, 3.8) is 0 Å². The van der Waals surface area contributed by atoms with Crippen LogP contribution in [0.15, 0.2) is 0 Å². The Morgan fingerprint density at radius 1 is 0.800 bits per heavy atom. The monoisotopic (exact) mass is 381 g/mol. The predicted molar refractivity (Wildman–Crippen MR) is 53.3 cm³/mol. The molecule has 0 aromatic rings. The van der Waals surface area contributed by atoms with E-state index >= 15 is 0 Å². The van der Waals surface area contributed by atoms with Gasteiger partial charge in [0.15, 0.2) is 0 Å². The Morgan fingerprint density at radius 2 is 1.20 bits per heavy atom. The van der Waals surface area contributed by atoms with Crippen LogP contribution in [0.25, 0.3) is 0 Å². The van der Waals surface area contributed by atoms with Gasteiger partial charge in [0, 0.05) is 14.2 Å². The van der Waals surface area contributed by atoms with Crippen molar-refractivity contribution in [2.45, 2.75) is 0 Å². The smallest absolute Gasteiger partial charge is 0.480 e. The standard InChI is InChI=1S/2CH6O7P2/c2*1-7-10(5,6)8-9(2,3)4/h2*1H3,(H,5,6)(H2,2,3,4)/p-3. The van der Waals surface area contributed by atoms with Crippen LogP contribution < -0.4 is 14.7 Å². The lowest BCUT2D eigenvalue weighted by atomic mass is 11.8. The molecule has 20 heavy (non-hydrogen) atoms. The van der Waals surface area contributed by atoms with E-state index in [4.69, 9.17) is 14.7 Å². The molecule has 0 aliphatic carbocycles. The van der Waals surface area contributed by atoms with Gasteiger partial charge in [0.2, 0.25) is 0 Å². The van der Waals surface area contributed by atoms with E-state index in [1.54, 1.807) is 0 Å². The van der Waals surface area contributed by atoms with E-state index in [0.29, 0.717) is 7.11 Å². The fourth-order valence-electron chi connectivity index (χ4n) is 0.324. The van der Waals surface area contributed by atoms with Gasteiger partial charge < -0.3 is 38.4 Å². The minimum atomic E-state index is -5.50. The Balaban J connectivity index is 0. The van der Waals surface area contributed by atoms with Crippen LogP contribution in [0.2, 0.25) is 0 Å². The molecule has 0 rings (SSSR count). The van der Waals surface area contributed by atoms with Crippen LogP contribution in [0.5, 0.6) is 0 Å². The molecule has 0 aromatic heterocycles. The van der Waals surface area contributed by atoms with E-state index in [0.717, 1.165) is 7.11 Å². The summed E-state index contributed by atoms with van der Waals surface area (Å²) < 4.78 is 53.3. The highest BCUT2D eigenvalue weighted by atomic mass is 31.3. The summed E-state index contributed by atoms with van der Waals surface area (Å²) in [6.07, 6.45) is 0. The minimum Gasteiger partial charge on any atom is -0.790 e. The Morgan fingerprint density at radius 3 is 1.30 bits per heavy atom. The molecule has 0 fully saturated rings. The van der Waals surface area contributed by atoms with E-state index < -0.39 is 31.3 Å². The Kier molecular flexibility index (Phi) is 9.38. The van der Waals surface area contributed by atoms with Gasteiger partial charge in [0.05, 0.1) is 7.82 Å². The maximum absolute atomic E-state index is 10.2. The van der Waals surface area contributed by atoms with Gasteiger partial charge in [0.1, 0.15) is 0 Å². The molecule has 0 aliphatic heterocycles. The SMILES string of the molecule is COP(=O)(O)OP(=O)(O)O.COP(=O)([O-])OP(=O)([O-])[O-]. The molecule has 0 bridgehead atoms. The number of rotatable bonds is 6. The third-order valence-electron chi connectivity index (χ3n) is 0.864. The zero-order valence-corrected chi connectivity index (χ0v) is 13.2. The zero-order valence-electron chi connectivity index (χ0n) is 9.62. The highest BCUT2D eigenvalue weighted by Gasteiger charge is 2.30. The van der Waals surface area contributed by atoms with Gasteiger partial charge in [-0.05, 0) is 0 Å². The highest BCUT2D eigenvalue weighted by molar-refractivity contribution is 7.60. The van der Waals surface area contributed by atoms with Crippen molar-refractivity contribution < 1.29 is 65.3 Å². The van der Waals surface area contributed by atoms with E-state index in [9.17, 15) is 32.9 Å². The van der Waals surface area contributed by atoms with Crippen molar-refractivity contribution in [2.75, 3.05) is 14.2 Å². The second kappa shape index (κ2) is 8.23. The number of phosphoric acid groups is 4. The molecule has 18 heteroatoms. The molecule has 124 valence electrons. The average Bonchev–Trinajstić information content (AvgIpc) is 2.11. The number of hydrogen-bond donors (Lipinski definition) is 3. The van der Waals surface area contributed by atoms with Crippen LogP contribution in [-0.4, -0.2) is 28.9 Å². The van der Waals surface area contributed by atoms with Gasteiger partial charge in [-0.1, -0.05) is 0 Å². The predicted octanol–water partition coefficient (Wildman–Crippen LogP) is -2.21. The van der Waals surface area contributed by atoms with Gasteiger partial charge in [-0.2, -0.15) is 4.31 Å². The molecule has 2 unspecified atom stereocenters. The summed E-state index contributed by atoms with van der Waals surface area (Å²) in [6.45, 7) is 0. The van der Waals surface area contributed by atoms with Crippen molar-refractivity contribution in [3.05, 3.63) is 0 Å². The summed E-state index contributed by atoms with van der Waals surface area (Å²) >= 11 is 0. The van der Waals surface area contributed by atoms with Crippen molar-refractivity contribution >= 4 is 31.3 Å².